The van der Waals surface area contributed by atoms with E-state index in [2.05, 4.69) is 10.5 Å². The number of nitrogens with zero attached hydrogens (tertiary/aromatic N) is 1. The monoisotopic (exact) mass is 382 g/mol. The standard InChI is InChI=1S/C21H19FN2O4/c22-15-5-1-4-14(10-15)19-12-20(28-24-19)21(25)23-16-6-2-7-17(11-16)27-13-18-8-3-9-26-18/h1-2,4-7,10-12,18H,3,8-9,13H2,(H,23,25). The number of benzene rings is 2. The first-order valence-electron chi connectivity index (χ1n) is 9.06. The molecule has 0 bridgehead atoms. The molecule has 1 aromatic heterocycles. The highest BCUT2D eigenvalue weighted by Crippen LogP contribution is 2.22. The highest BCUT2D eigenvalue weighted by Gasteiger charge is 2.17. The third-order valence-corrected chi connectivity index (χ3v) is 4.41. The SMILES string of the molecule is O=C(Nc1cccc(OCC2CCCO2)c1)c1cc(-c2cccc(F)c2)no1. The van der Waals surface area contributed by atoms with Crippen LogP contribution in [0.4, 0.5) is 10.1 Å². The predicted octanol–water partition coefficient (Wildman–Crippen LogP) is 4.29. The van der Waals surface area contributed by atoms with Crippen molar-refractivity contribution in [3.8, 4) is 17.0 Å². The Morgan fingerprint density at radius 2 is 2.11 bits per heavy atom. The van der Waals surface area contributed by atoms with Gasteiger partial charge in [-0.1, -0.05) is 23.4 Å². The fourth-order valence-electron chi connectivity index (χ4n) is 2.99. The van der Waals surface area contributed by atoms with Gasteiger partial charge in [0.15, 0.2) is 0 Å². The lowest BCUT2D eigenvalue weighted by Gasteiger charge is -2.12. The molecular formula is C21H19FN2O4. The van der Waals surface area contributed by atoms with Crippen LogP contribution in [0.5, 0.6) is 5.75 Å². The Labute approximate surface area is 161 Å². The lowest BCUT2D eigenvalue weighted by atomic mass is 10.1. The van der Waals surface area contributed by atoms with E-state index in [-0.39, 0.29) is 17.7 Å². The molecule has 2 aromatic carbocycles. The highest BCUT2D eigenvalue weighted by atomic mass is 19.1. The second kappa shape index (κ2) is 8.22. The summed E-state index contributed by atoms with van der Waals surface area (Å²) in [4.78, 5) is 12.4. The number of aromatic nitrogens is 1. The first-order valence-corrected chi connectivity index (χ1v) is 9.06. The highest BCUT2D eigenvalue weighted by molar-refractivity contribution is 6.02. The van der Waals surface area contributed by atoms with Crippen LogP contribution >= 0.6 is 0 Å². The maximum Gasteiger partial charge on any atom is 0.294 e. The minimum absolute atomic E-state index is 0.0324. The molecule has 2 heterocycles. The van der Waals surface area contributed by atoms with Crippen LogP contribution in [0, 0.1) is 5.82 Å². The summed E-state index contributed by atoms with van der Waals surface area (Å²) in [5, 5.41) is 6.58. The Morgan fingerprint density at radius 3 is 2.93 bits per heavy atom. The van der Waals surface area contributed by atoms with E-state index in [0.29, 0.717) is 29.3 Å². The van der Waals surface area contributed by atoms with Gasteiger partial charge in [0, 0.05) is 30.0 Å². The van der Waals surface area contributed by atoms with E-state index in [9.17, 15) is 9.18 Å². The number of rotatable bonds is 6. The Bertz CT molecular complexity index is 966. The lowest BCUT2D eigenvalue weighted by molar-refractivity contribution is 0.0679. The smallest absolute Gasteiger partial charge is 0.294 e. The largest absolute Gasteiger partial charge is 0.491 e. The fraction of sp³-hybridized carbons (Fsp3) is 0.238. The molecule has 6 nitrogen and oxygen atoms in total. The minimum Gasteiger partial charge on any atom is -0.491 e. The van der Waals surface area contributed by atoms with Crippen molar-refractivity contribution in [1.82, 2.24) is 5.16 Å². The molecule has 144 valence electrons. The molecular weight excluding hydrogens is 363 g/mol. The van der Waals surface area contributed by atoms with Crippen molar-refractivity contribution in [3.63, 3.8) is 0 Å². The molecule has 0 aliphatic carbocycles. The second-order valence-corrected chi connectivity index (χ2v) is 6.51. The molecule has 7 heteroatoms. The molecule has 1 saturated heterocycles. The molecule has 3 aromatic rings. The molecule has 0 spiro atoms. The van der Waals surface area contributed by atoms with Crippen molar-refractivity contribution in [2.75, 3.05) is 18.5 Å². The number of nitrogens with one attached hydrogen (secondary N) is 1. The van der Waals surface area contributed by atoms with E-state index < -0.39 is 5.91 Å². The third-order valence-electron chi connectivity index (χ3n) is 4.41. The van der Waals surface area contributed by atoms with Crippen LogP contribution in [0.25, 0.3) is 11.3 Å². The molecule has 1 fully saturated rings. The summed E-state index contributed by atoms with van der Waals surface area (Å²) in [6, 6.07) is 14.5. The van der Waals surface area contributed by atoms with E-state index in [1.54, 1.807) is 30.3 Å². The van der Waals surface area contributed by atoms with E-state index >= 15 is 0 Å². The number of anilines is 1. The average Bonchev–Trinajstić information content (AvgIpc) is 3.39. The maximum absolute atomic E-state index is 13.3. The van der Waals surface area contributed by atoms with Crippen molar-refractivity contribution < 1.29 is 23.2 Å². The van der Waals surface area contributed by atoms with Crippen LogP contribution < -0.4 is 10.1 Å². The number of carbonyl (C=O) groups is 1. The Kier molecular flexibility index (Phi) is 5.34. The molecule has 0 radical (unpaired) electrons. The quantitative estimate of drug-likeness (QED) is 0.688. The zero-order chi connectivity index (χ0) is 19.3. The van der Waals surface area contributed by atoms with Crippen molar-refractivity contribution in [1.29, 1.82) is 0 Å². The van der Waals surface area contributed by atoms with Crippen molar-refractivity contribution in [2.45, 2.75) is 18.9 Å². The summed E-state index contributed by atoms with van der Waals surface area (Å²) in [6.45, 7) is 1.26. The van der Waals surface area contributed by atoms with Gasteiger partial charge in [0.1, 0.15) is 23.9 Å². The van der Waals surface area contributed by atoms with Gasteiger partial charge in [0.05, 0.1) is 6.10 Å². The van der Waals surface area contributed by atoms with Gasteiger partial charge in [-0.25, -0.2) is 4.39 Å². The minimum atomic E-state index is -0.452. The van der Waals surface area contributed by atoms with Gasteiger partial charge in [-0.05, 0) is 37.1 Å². The summed E-state index contributed by atoms with van der Waals surface area (Å²) in [7, 11) is 0. The van der Waals surface area contributed by atoms with Gasteiger partial charge < -0.3 is 19.3 Å². The lowest BCUT2D eigenvalue weighted by Crippen LogP contribution is -2.16. The van der Waals surface area contributed by atoms with E-state index in [1.165, 1.54) is 18.2 Å². The van der Waals surface area contributed by atoms with Gasteiger partial charge in [-0.15, -0.1) is 0 Å². The van der Waals surface area contributed by atoms with Crippen LogP contribution in [0.2, 0.25) is 0 Å². The van der Waals surface area contributed by atoms with Gasteiger partial charge in [-0.3, -0.25) is 4.79 Å². The normalized spacial score (nSPS) is 16.1. The number of hydrogen-bond acceptors (Lipinski definition) is 5. The first-order chi connectivity index (χ1) is 13.7. The second-order valence-electron chi connectivity index (χ2n) is 6.51. The first kappa shape index (κ1) is 18.2. The molecule has 1 amide bonds. The zero-order valence-corrected chi connectivity index (χ0v) is 15.1. The predicted molar refractivity (Wildman–Crippen MR) is 101 cm³/mol. The van der Waals surface area contributed by atoms with Crippen molar-refractivity contribution in [2.24, 2.45) is 0 Å². The maximum atomic E-state index is 13.3. The van der Waals surface area contributed by atoms with Gasteiger partial charge in [-0.2, -0.15) is 0 Å². The Hall–Kier alpha value is -3.19. The summed E-state index contributed by atoms with van der Waals surface area (Å²) >= 11 is 0. The molecule has 1 unspecified atom stereocenters. The van der Waals surface area contributed by atoms with Crippen molar-refractivity contribution >= 4 is 11.6 Å². The number of amides is 1. The van der Waals surface area contributed by atoms with Crippen LogP contribution in [0.1, 0.15) is 23.4 Å². The molecule has 1 N–H and O–H groups in total. The van der Waals surface area contributed by atoms with Crippen LogP contribution in [-0.4, -0.2) is 30.4 Å². The van der Waals surface area contributed by atoms with Crippen LogP contribution in [0.3, 0.4) is 0 Å². The topological polar surface area (TPSA) is 73.6 Å². The average molecular weight is 382 g/mol. The molecule has 28 heavy (non-hydrogen) atoms. The zero-order valence-electron chi connectivity index (χ0n) is 15.1. The summed E-state index contributed by atoms with van der Waals surface area (Å²) in [5.41, 5.74) is 1.49. The molecule has 1 aliphatic heterocycles. The summed E-state index contributed by atoms with van der Waals surface area (Å²) < 4.78 is 29.7. The van der Waals surface area contributed by atoms with E-state index in [0.717, 1.165) is 19.4 Å². The number of ether oxygens (including phenoxy) is 2. The molecule has 4 rings (SSSR count). The van der Waals surface area contributed by atoms with Gasteiger partial charge >= 0.3 is 0 Å². The number of carbonyl (C=O) groups excluding carboxylic acids is 1. The fourth-order valence-corrected chi connectivity index (χ4v) is 2.99. The van der Waals surface area contributed by atoms with Gasteiger partial charge in [0.25, 0.3) is 5.91 Å². The number of hydrogen-bond donors (Lipinski definition) is 1. The van der Waals surface area contributed by atoms with Crippen LogP contribution in [0.15, 0.2) is 59.1 Å². The Morgan fingerprint density at radius 1 is 1.21 bits per heavy atom. The third kappa shape index (κ3) is 4.37. The van der Waals surface area contributed by atoms with Crippen LogP contribution in [-0.2, 0) is 4.74 Å². The summed E-state index contributed by atoms with van der Waals surface area (Å²) in [6.07, 6.45) is 2.17. The molecule has 0 saturated carbocycles. The molecule has 1 aliphatic rings. The van der Waals surface area contributed by atoms with E-state index in [1.807, 2.05) is 6.07 Å². The van der Waals surface area contributed by atoms with Crippen molar-refractivity contribution in [3.05, 3.63) is 66.2 Å². The number of halogens is 1. The molecule has 1 atom stereocenters. The summed E-state index contributed by atoms with van der Waals surface area (Å²) in [5.74, 6) is -0.158. The van der Waals surface area contributed by atoms with E-state index in [4.69, 9.17) is 14.0 Å². The Balaban J connectivity index is 1.40. The van der Waals surface area contributed by atoms with Gasteiger partial charge in [0.2, 0.25) is 5.76 Å².